The highest BCUT2D eigenvalue weighted by molar-refractivity contribution is 5.15. The fourth-order valence-electron chi connectivity index (χ4n) is 2.89. The molecule has 1 aromatic carbocycles. The van der Waals surface area contributed by atoms with Crippen molar-refractivity contribution in [3.63, 3.8) is 0 Å². The molecule has 1 saturated heterocycles. The Balaban J connectivity index is 1.90. The highest BCUT2D eigenvalue weighted by atomic mass is 15.2. The van der Waals surface area contributed by atoms with Gasteiger partial charge >= 0.3 is 0 Å². The van der Waals surface area contributed by atoms with Gasteiger partial charge in [0.1, 0.15) is 0 Å². The molecule has 94 valence electrons. The van der Waals surface area contributed by atoms with E-state index in [4.69, 9.17) is 5.73 Å². The van der Waals surface area contributed by atoms with Crippen LogP contribution in [0.4, 0.5) is 0 Å². The number of rotatable bonds is 6. The first-order chi connectivity index (χ1) is 8.35. The summed E-state index contributed by atoms with van der Waals surface area (Å²) in [6.07, 6.45) is 3.78. The lowest BCUT2D eigenvalue weighted by Crippen LogP contribution is -2.51. The van der Waals surface area contributed by atoms with E-state index in [0.29, 0.717) is 0 Å². The summed E-state index contributed by atoms with van der Waals surface area (Å²) in [5, 5.41) is 0. The Morgan fingerprint density at radius 3 is 2.65 bits per heavy atom. The van der Waals surface area contributed by atoms with Crippen LogP contribution in [0.1, 0.15) is 31.7 Å². The van der Waals surface area contributed by atoms with Gasteiger partial charge in [-0.15, -0.1) is 0 Å². The largest absolute Gasteiger partial charge is 0.330 e. The predicted molar refractivity (Wildman–Crippen MR) is 72.7 cm³/mol. The summed E-state index contributed by atoms with van der Waals surface area (Å²) in [5.41, 5.74) is 7.13. The van der Waals surface area contributed by atoms with Crippen molar-refractivity contribution in [3.05, 3.63) is 35.9 Å². The van der Waals surface area contributed by atoms with Crippen molar-refractivity contribution in [2.45, 2.75) is 38.8 Å². The van der Waals surface area contributed by atoms with Crippen LogP contribution in [0.25, 0.3) is 0 Å². The van der Waals surface area contributed by atoms with E-state index in [1.165, 1.54) is 31.4 Å². The SMILES string of the molecule is CCC(CCN)C1CCN1Cc1ccccc1. The summed E-state index contributed by atoms with van der Waals surface area (Å²) >= 11 is 0. The summed E-state index contributed by atoms with van der Waals surface area (Å²) in [6, 6.07) is 11.5. The van der Waals surface area contributed by atoms with E-state index in [1.54, 1.807) is 0 Å². The van der Waals surface area contributed by atoms with Gasteiger partial charge in [-0.3, -0.25) is 4.90 Å². The Labute approximate surface area is 105 Å². The molecule has 2 N–H and O–H groups in total. The maximum Gasteiger partial charge on any atom is 0.0236 e. The Morgan fingerprint density at radius 1 is 1.35 bits per heavy atom. The van der Waals surface area contributed by atoms with E-state index < -0.39 is 0 Å². The fraction of sp³-hybridized carbons (Fsp3) is 0.600. The van der Waals surface area contributed by atoms with Gasteiger partial charge < -0.3 is 5.73 Å². The molecule has 2 unspecified atom stereocenters. The number of nitrogens with two attached hydrogens (primary N) is 1. The first-order valence-corrected chi connectivity index (χ1v) is 6.83. The van der Waals surface area contributed by atoms with Gasteiger partial charge in [-0.2, -0.15) is 0 Å². The van der Waals surface area contributed by atoms with Gasteiger partial charge in [0.05, 0.1) is 0 Å². The number of likely N-dealkylation sites (tertiary alicyclic amines) is 1. The smallest absolute Gasteiger partial charge is 0.0236 e. The number of benzene rings is 1. The molecule has 2 heteroatoms. The fourth-order valence-corrected chi connectivity index (χ4v) is 2.89. The monoisotopic (exact) mass is 232 g/mol. The van der Waals surface area contributed by atoms with Crippen LogP contribution in [0.2, 0.25) is 0 Å². The summed E-state index contributed by atoms with van der Waals surface area (Å²) in [6.45, 7) is 5.47. The maximum atomic E-state index is 5.70. The zero-order chi connectivity index (χ0) is 12.1. The van der Waals surface area contributed by atoms with E-state index in [0.717, 1.165) is 25.0 Å². The average molecular weight is 232 g/mol. The van der Waals surface area contributed by atoms with Gasteiger partial charge in [-0.05, 0) is 30.9 Å². The quantitative estimate of drug-likeness (QED) is 0.817. The van der Waals surface area contributed by atoms with Crippen LogP contribution in [0.5, 0.6) is 0 Å². The Hall–Kier alpha value is -0.860. The number of nitrogens with zero attached hydrogens (tertiary/aromatic N) is 1. The standard InChI is InChI=1S/C15H24N2/c1-2-14(8-10-16)15-9-11-17(15)12-13-6-4-3-5-7-13/h3-7,14-15H,2,8-12,16H2,1H3. The lowest BCUT2D eigenvalue weighted by atomic mass is 9.84. The topological polar surface area (TPSA) is 29.3 Å². The van der Waals surface area contributed by atoms with Crippen LogP contribution in [0.15, 0.2) is 30.3 Å². The molecule has 1 fully saturated rings. The van der Waals surface area contributed by atoms with Gasteiger partial charge in [0, 0.05) is 19.1 Å². The lowest BCUT2D eigenvalue weighted by molar-refractivity contribution is 0.0328. The van der Waals surface area contributed by atoms with Gasteiger partial charge in [0.15, 0.2) is 0 Å². The number of hydrogen-bond donors (Lipinski definition) is 1. The molecule has 0 aliphatic carbocycles. The molecule has 0 radical (unpaired) electrons. The molecule has 2 nitrogen and oxygen atoms in total. The summed E-state index contributed by atoms with van der Waals surface area (Å²) in [5.74, 6) is 0.789. The van der Waals surface area contributed by atoms with Gasteiger partial charge in [-0.1, -0.05) is 43.7 Å². The van der Waals surface area contributed by atoms with Gasteiger partial charge in [0.2, 0.25) is 0 Å². The zero-order valence-electron chi connectivity index (χ0n) is 10.8. The molecular weight excluding hydrogens is 208 g/mol. The molecule has 1 heterocycles. The third kappa shape index (κ3) is 3.08. The Bertz CT molecular complexity index is 323. The molecule has 2 atom stereocenters. The van der Waals surface area contributed by atoms with E-state index in [-0.39, 0.29) is 0 Å². The Morgan fingerprint density at radius 2 is 2.12 bits per heavy atom. The van der Waals surface area contributed by atoms with Crippen LogP contribution >= 0.6 is 0 Å². The molecular formula is C15H24N2. The van der Waals surface area contributed by atoms with Crippen LogP contribution in [0.3, 0.4) is 0 Å². The molecule has 0 amide bonds. The van der Waals surface area contributed by atoms with E-state index in [2.05, 4.69) is 42.2 Å². The summed E-state index contributed by atoms with van der Waals surface area (Å²) in [7, 11) is 0. The second kappa shape index (κ2) is 6.18. The number of hydrogen-bond acceptors (Lipinski definition) is 2. The molecule has 1 aliphatic heterocycles. The van der Waals surface area contributed by atoms with Crippen LogP contribution in [-0.2, 0) is 6.54 Å². The van der Waals surface area contributed by atoms with E-state index in [1.807, 2.05) is 0 Å². The van der Waals surface area contributed by atoms with Crippen molar-refractivity contribution in [2.24, 2.45) is 11.7 Å². The van der Waals surface area contributed by atoms with Crippen molar-refractivity contribution >= 4 is 0 Å². The molecule has 0 spiro atoms. The van der Waals surface area contributed by atoms with E-state index in [9.17, 15) is 0 Å². The minimum Gasteiger partial charge on any atom is -0.330 e. The van der Waals surface area contributed by atoms with Gasteiger partial charge in [0.25, 0.3) is 0 Å². The van der Waals surface area contributed by atoms with Gasteiger partial charge in [-0.25, -0.2) is 0 Å². The van der Waals surface area contributed by atoms with Crippen LogP contribution < -0.4 is 5.73 Å². The van der Waals surface area contributed by atoms with Crippen molar-refractivity contribution in [1.29, 1.82) is 0 Å². The normalized spacial score (nSPS) is 22.1. The minimum atomic E-state index is 0.767. The molecule has 1 aromatic rings. The van der Waals surface area contributed by atoms with Crippen molar-refractivity contribution in [2.75, 3.05) is 13.1 Å². The molecule has 0 saturated carbocycles. The summed E-state index contributed by atoms with van der Waals surface area (Å²) in [4.78, 5) is 2.61. The van der Waals surface area contributed by atoms with Crippen LogP contribution in [-0.4, -0.2) is 24.0 Å². The molecule has 0 bridgehead atoms. The molecule has 1 aliphatic rings. The Kier molecular flexibility index (Phi) is 4.57. The van der Waals surface area contributed by atoms with Crippen molar-refractivity contribution in [3.8, 4) is 0 Å². The third-order valence-corrected chi connectivity index (χ3v) is 4.02. The van der Waals surface area contributed by atoms with Crippen molar-refractivity contribution < 1.29 is 0 Å². The lowest BCUT2D eigenvalue weighted by Gasteiger charge is -2.45. The highest BCUT2D eigenvalue weighted by Gasteiger charge is 2.32. The second-order valence-electron chi connectivity index (χ2n) is 5.06. The first-order valence-electron chi connectivity index (χ1n) is 6.83. The van der Waals surface area contributed by atoms with Crippen molar-refractivity contribution in [1.82, 2.24) is 4.90 Å². The molecule has 17 heavy (non-hydrogen) atoms. The third-order valence-electron chi connectivity index (χ3n) is 4.02. The molecule has 0 aromatic heterocycles. The molecule has 2 rings (SSSR count). The summed E-state index contributed by atoms with van der Waals surface area (Å²) < 4.78 is 0. The maximum absolute atomic E-state index is 5.70. The first kappa shape index (κ1) is 12.6. The van der Waals surface area contributed by atoms with E-state index >= 15 is 0 Å². The zero-order valence-corrected chi connectivity index (χ0v) is 10.8. The highest BCUT2D eigenvalue weighted by Crippen LogP contribution is 2.30. The van der Waals surface area contributed by atoms with Crippen LogP contribution in [0, 0.1) is 5.92 Å². The second-order valence-corrected chi connectivity index (χ2v) is 5.06. The predicted octanol–water partition coefficient (Wildman–Crippen LogP) is 2.64. The average Bonchev–Trinajstić information content (AvgIpc) is 2.35. The minimum absolute atomic E-state index is 0.767.